The summed E-state index contributed by atoms with van der Waals surface area (Å²) in [5.74, 6) is 1.58. The second-order valence-electron chi connectivity index (χ2n) is 5.83. The molecule has 0 unspecified atom stereocenters. The van der Waals surface area contributed by atoms with Crippen molar-refractivity contribution in [3.63, 3.8) is 0 Å². The molecular formula is C17H16N4O3. The molecule has 0 aliphatic carbocycles. The molecule has 2 aromatic heterocycles. The highest BCUT2D eigenvalue weighted by molar-refractivity contribution is 5.90. The minimum Gasteiger partial charge on any atom is -0.461 e. The van der Waals surface area contributed by atoms with Crippen molar-refractivity contribution >= 4 is 11.7 Å². The van der Waals surface area contributed by atoms with E-state index in [1.165, 1.54) is 0 Å². The molecule has 1 N–H and O–H groups in total. The Labute approximate surface area is 138 Å². The van der Waals surface area contributed by atoms with Gasteiger partial charge in [0.25, 0.3) is 0 Å². The Morgan fingerprint density at radius 3 is 2.75 bits per heavy atom. The molecule has 1 aromatic carbocycles. The summed E-state index contributed by atoms with van der Waals surface area (Å²) >= 11 is 0. The smallest absolute Gasteiger partial charge is 0.321 e. The van der Waals surface area contributed by atoms with Crippen molar-refractivity contribution in [1.82, 2.24) is 15.0 Å². The summed E-state index contributed by atoms with van der Waals surface area (Å²) in [6, 6.07) is 11.1. The molecule has 1 fully saturated rings. The predicted octanol–water partition coefficient (Wildman–Crippen LogP) is 3.27. The average molecular weight is 324 g/mol. The third-order valence-electron chi connectivity index (χ3n) is 4.00. The minimum absolute atomic E-state index is 0.0602. The van der Waals surface area contributed by atoms with Crippen molar-refractivity contribution in [2.45, 2.75) is 12.8 Å². The number of hydrogen-bond donors (Lipinski definition) is 1. The SMILES string of the molecule is Cc1ccc(NC(=O)N2CC(c3nc(-c4ccco4)no3)C2)cc1. The van der Waals surface area contributed by atoms with Crippen LogP contribution in [0.25, 0.3) is 11.6 Å². The number of urea groups is 1. The van der Waals surface area contributed by atoms with Gasteiger partial charge in [-0.2, -0.15) is 4.98 Å². The highest BCUT2D eigenvalue weighted by atomic mass is 16.5. The van der Waals surface area contributed by atoms with Crippen molar-refractivity contribution in [1.29, 1.82) is 0 Å². The van der Waals surface area contributed by atoms with E-state index in [0.717, 1.165) is 11.3 Å². The highest BCUT2D eigenvalue weighted by Gasteiger charge is 2.35. The lowest BCUT2D eigenvalue weighted by atomic mass is 10.0. The van der Waals surface area contributed by atoms with Gasteiger partial charge in [0, 0.05) is 18.8 Å². The maximum atomic E-state index is 12.2. The number of aryl methyl sites for hydroxylation is 1. The van der Waals surface area contributed by atoms with Crippen LogP contribution in [0.5, 0.6) is 0 Å². The molecule has 24 heavy (non-hydrogen) atoms. The van der Waals surface area contributed by atoms with Crippen LogP contribution >= 0.6 is 0 Å². The summed E-state index contributed by atoms with van der Waals surface area (Å²) in [6.07, 6.45) is 1.56. The lowest BCUT2D eigenvalue weighted by Crippen LogP contribution is -2.50. The molecule has 1 saturated heterocycles. The Bertz CT molecular complexity index is 833. The van der Waals surface area contributed by atoms with E-state index in [1.807, 2.05) is 31.2 Å². The van der Waals surface area contributed by atoms with Crippen LogP contribution in [-0.4, -0.2) is 34.2 Å². The number of amides is 2. The van der Waals surface area contributed by atoms with E-state index >= 15 is 0 Å². The Morgan fingerprint density at radius 1 is 1.25 bits per heavy atom. The molecule has 7 nitrogen and oxygen atoms in total. The summed E-state index contributed by atoms with van der Waals surface area (Å²) in [6.45, 7) is 3.11. The summed E-state index contributed by atoms with van der Waals surface area (Å²) in [4.78, 5) is 18.2. The molecule has 1 aliphatic heterocycles. The second-order valence-corrected chi connectivity index (χ2v) is 5.83. The molecule has 7 heteroatoms. The number of nitrogens with zero attached hydrogens (tertiary/aromatic N) is 3. The third-order valence-corrected chi connectivity index (χ3v) is 4.00. The van der Waals surface area contributed by atoms with Crippen molar-refractivity contribution in [3.8, 4) is 11.6 Å². The molecule has 2 amide bonds. The summed E-state index contributed by atoms with van der Waals surface area (Å²) in [5.41, 5.74) is 1.94. The van der Waals surface area contributed by atoms with Gasteiger partial charge < -0.3 is 19.2 Å². The Kier molecular flexibility index (Phi) is 3.53. The van der Waals surface area contributed by atoms with E-state index in [2.05, 4.69) is 15.5 Å². The molecule has 3 aromatic rings. The number of likely N-dealkylation sites (tertiary alicyclic amines) is 1. The number of benzene rings is 1. The minimum atomic E-state index is -0.124. The zero-order valence-corrected chi connectivity index (χ0v) is 13.1. The van der Waals surface area contributed by atoms with E-state index < -0.39 is 0 Å². The second kappa shape index (κ2) is 5.84. The lowest BCUT2D eigenvalue weighted by molar-refractivity contribution is 0.147. The van der Waals surface area contributed by atoms with Crippen LogP contribution < -0.4 is 5.32 Å². The van der Waals surface area contributed by atoms with Gasteiger partial charge in [-0.05, 0) is 31.2 Å². The fourth-order valence-electron chi connectivity index (χ4n) is 2.55. The zero-order chi connectivity index (χ0) is 16.5. The Hall–Kier alpha value is -3.09. The van der Waals surface area contributed by atoms with Gasteiger partial charge in [0.15, 0.2) is 5.76 Å². The Morgan fingerprint density at radius 2 is 2.04 bits per heavy atom. The first kappa shape index (κ1) is 14.5. The molecule has 0 saturated carbocycles. The molecule has 0 bridgehead atoms. The van der Waals surface area contributed by atoms with Crippen molar-refractivity contribution in [3.05, 3.63) is 54.1 Å². The number of furan rings is 1. The van der Waals surface area contributed by atoms with Gasteiger partial charge in [0.05, 0.1) is 12.2 Å². The van der Waals surface area contributed by atoms with Crippen LogP contribution in [0.4, 0.5) is 10.5 Å². The van der Waals surface area contributed by atoms with Gasteiger partial charge >= 0.3 is 6.03 Å². The van der Waals surface area contributed by atoms with Gasteiger partial charge in [0.2, 0.25) is 11.7 Å². The van der Waals surface area contributed by atoms with Gasteiger partial charge in [-0.1, -0.05) is 22.9 Å². The van der Waals surface area contributed by atoms with E-state index in [4.69, 9.17) is 8.94 Å². The van der Waals surface area contributed by atoms with Crippen LogP contribution in [0.15, 0.2) is 51.6 Å². The van der Waals surface area contributed by atoms with E-state index in [1.54, 1.807) is 23.3 Å². The first-order valence-electron chi connectivity index (χ1n) is 7.69. The molecule has 0 atom stereocenters. The molecule has 4 rings (SSSR count). The number of nitrogens with one attached hydrogen (secondary N) is 1. The highest BCUT2D eigenvalue weighted by Crippen LogP contribution is 2.28. The number of hydrogen-bond acceptors (Lipinski definition) is 5. The summed E-state index contributed by atoms with van der Waals surface area (Å²) in [5, 5.41) is 6.78. The largest absolute Gasteiger partial charge is 0.461 e. The Balaban J connectivity index is 1.34. The van der Waals surface area contributed by atoms with Gasteiger partial charge in [-0.3, -0.25) is 0 Å². The van der Waals surface area contributed by atoms with Crippen LogP contribution in [-0.2, 0) is 0 Å². The molecule has 0 spiro atoms. The van der Waals surface area contributed by atoms with Crippen molar-refractivity contribution in [2.75, 3.05) is 18.4 Å². The standard InChI is InChI=1S/C17H16N4O3/c1-11-4-6-13(7-5-11)18-17(22)21-9-12(10-21)16-19-15(20-24-16)14-3-2-8-23-14/h2-8,12H,9-10H2,1H3,(H,18,22). The first-order chi connectivity index (χ1) is 11.7. The van der Waals surface area contributed by atoms with Crippen LogP contribution in [0.2, 0.25) is 0 Å². The number of aromatic nitrogens is 2. The number of carbonyl (C=O) groups excluding carboxylic acids is 1. The lowest BCUT2D eigenvalue weighted by Gasteiger charge is -2.36. The molecule has 122 valence electrons. The number of carbonyl (C=O) groups is 1. The number of rotatable bonds is 3. The van der Waals surface area contributed by atoms with Gasteiger partial charge in [-0.15, -0.1) is 0 Å². The number of anilines is 1. The molecule has 3 heterocycles. The fourth-order valence-corrected chi connectivity index (χ4v) is 2.55. The monoisotopic (exact) mass is 324 g/mol. The van der Waals surface area contributed by atoms with Crippen LogP contribution in [0.1, 0.15) is 17.4 Å². The van der Waals surface area contributed by atoms with E-state index in [-0.39, 0.29) is 11.9 Å². The molecule has 1 aliphatic rings. The summed E-state index contributed by atoms with van der Waals surface area (Å²) in [7, 11) is 0. The topological polar surface area (TPSA) is 84.4 Å². The van der Waals surface area contributed by atoms with Crippen molar-refractivity contribution in [2.24, 2.45) is 0 Å². The normalized spacial score (nSPS) is 14.5. The summed E-state index contributed by atoms with van der Waals surface area (Å²) < 4.78 is 10.5. The van der Waals surface area contributed by atoms with E-state index in [9.17, 15) is 4.79 Å². The van der Waals surface area contributed by atoms with Crippen LogP contribution in [0.3, 0.4) is 0 Å². The predicted molar refractivity (Wildman–Crippen MR) is 86.5 cm³/mol. The van der Waals surface area contributed by atoms with Crippen LogP contribution in [0, 0.1) is 6.92 Å². The first-order valence-corrected chi connectivity index (χ1v) is 7.69. The maximum Gasteiger partial charge on any atom is 0.321 e. The molecule has 0 radical (unpaired) electrons. The van der Waals surface area contributed by atoms with E-state index in [0.29, 0.717) is 30.6 Å². The quantitative estimate of drug-likeness (QED) is 0.799. The fraction of sp³-hybridized carbons (Fsp3) is 0.235. The zero-order valence-electron chi connectivity index (χ0n) is 13.1. The van der Waals surface area contributed by atoms with Crippen molar-refractivity contribution < 1.29 is 13.7 Å². The van der Waals surface area contributed by atoms with Gasteiger partial charge in [-0.25, -0.2) is 4.79 Å². The van der Waals surface area contributed by atoms with Gasteiger partial charge in [0.1, 0.15) is 0 Å². The third kappa shape index (κ3) is 2.76. The average Bonchev–Trinajstić information content (AvgIpc) is 3.19. The molecular weight excluding hydrogens is 308 g/mol. The maximum absolute atomic E-state index is 12.2.